The van der Waals surface area contributed by atoms with Crippen molar-refractivity contribution in [2.75, 3.05) is 0 Å². The summed E-state index contributed by atoms with van der Waals surface area (Å²) in [6, 6.07) is 28.1. The van der Waals surface area contributed by atoms with Gasteiger partial charge in [-0.3, -0.25) is 9.59 Å². The molecule has 34 heavy (non-hydrogen) atoms. The van der Waals surface area contributed by atoms with Crippen molar-refractivity contribution in [1.29, 1.82) is 0 Å². The van der Waals surface area contributed by atoms with Gasteiger partial charge >= 0.3 is 0 Å². The van der Waals surface area contributed by atoms with E-state index in [2.05, 4.69) is 36.5 Å². The molecule has 0 aliphatic heterocycles. The molecule has 3 heteroatoms. The van der Waals surface area contributed by atoms with E-state index >= 15 is 0 Å². The summed E-state index contributed by atoms with van der Waals surface area (Å²) >= 11 is 0. The molecule has 4 atom stereocenters. The van der Waals surface area contributed by atoms with Crippen LogP contribution < -0.4 is 5.32 Å². The number of amides is 1. The molecule has 2 fully saturated rings. The molecule has 3 nitrogen and oxygen atoms in total. The van der Waals surface area contributed by atoms with Crippen LogP contribution in [0.15, 0.2) is 84.9 Å². The van der Waals surface area contributed by atoms with Crippen LogP contribution in [0.2, 0.25) is 0 Å². The third kappa shape index (κ3) is 4.70. The van der Waals surface area contributed by atoms with Gasteiger partial charge in [0.1, 0.15) is 0 Å². The van der Waals surface area contributed by atoms with Crippen molar-refractivity contribution in [3.63, 3.8) is 0 Å². The van der Waals surface area contributed by atoms with E-state index in [0.29, 0.717) is 17.0 Å². The van der Waals surface area contributed by atoms with Gasteiger partial charge in [0.05, 0.1) is 0 Å². The van der Waals surface area contributed by atoms with E-state index in [4.69, 9.17) is 0 Å². The maximum atomic E-state index is 13.5. The lowest BCUT2D eigenvalue weighted by atomic mass is 9.84. The van der Waals surface area contributed by atoms with Gasteiger partial charge < -0.3 is 5.32 Å². The highest BCUT2D eigenvalue weighted by atomic mass is 16.1. The Hall–Kier alpha value is -3.20. The van der Waals surface area contributed by atoms with Crippen molar-refractivity contribution >= 4 is 11.7 Å². The first-order valence-electron chi connectivity index (χ1n) is 12.7. The van der Waals surface area contributed by atoms with Crippen molar-refractivity contribution in [2.45, 2.75) is 56.9 Å². The molecule has 0 spiro atoms. The van der Waals surface area contributed by atoms with Gasteiger partial charge in [-0.1, -0.05) is 92.1 Å². The summed E-state index contributed by atoms with van der Waals surface area (Å²) in [5.41, 5.74) is 3.72. The predicted molar refractivity (Wildman–Crippen MR) is 136 cm³/mol. The molecule has 2 aliphatic rings. The second-order valence-corrected chi connectivity index (χ2v) is 10.0. The maximum Gasteiger partial charge on any atom is 0.251 e. The second kappa shape index (κ2) is 9.97. The van der Waals surface area contributed by atoms with Gasteiger partial charge in [-0.25, -0.2) is 0 Å². The largest absolute Gasteiger partial charge is 0.349 e. The van der Waals surface area contributed by atoms with Gasteiger partial charge in [0.15, 0.2) is 5.78 Å². The minimum absolute atomic E-state index is 0.0483. The van der Waals surface area contributed by atoms with E-state index < -0.39 is 0 Å². The van der Waals surface area contributed by atoms with Crippen molar-refractivity contribution in [2.24, 2.45) is 11.8 Å². The van der Waals surface area contributed by atoms with Crippen molar-refractivity contribution in [1.82, 2.24) is 5.32 Å². The Balaban J connectivity index is 1.29. The number of Topliss-reactive ketones (excluding diaryl/α,β-unsaturated/α-hetero) is 1. The fraction of sp³-hybridized carbons (Fsp3) is 0.355. The molecule has 2 aliphatic carbocycles. The van der Waals surface area contributed by atoms with Crippen LogP contribution in [0.25, 0.3) is 0 Å². The highest BCUT2D eigenvalue weighted by Crippen LogP contribution is 2.61. The molecule has 0 radical (unpaired) electrons. The van der Waals surface area contributed by atoms with Crippen LogP contribution in [-0.4, -0.2) is 17.7 Å². The zero-order valence-corrected chi connectivity index (χ0v) is 19.8. The number of carbonyl (C=O) groups excluding carboxylic acids is 2. The summed E-state index contributed by atoms with van der Waals surface area (Å²) in [7, 11) is 0. The number of hydrogen-bond donors (Lipinski definition) is 1. The molecule has 0 heterocycles. The van der Waals surface area contributed by atoms with E-state index in [-0.39, 0.29) is 35.5 Å². The fourth-order valence-corrected chi connectivity index (χ4v) is 5.84. The first-order chi connectivity index (χ1) is 16.6. The van der Waals surface area contributed by atoms with E-state index in [9.17, 15) is 9.59 Å². The first kappa shape index (κ1) is 22.6. The third-order valence-corrected chi connectivity index (χ3v) is 7.84. The minimum Gasteiger partial charge on any atom is -0.349 e. The van der Waals surface area contributed by atoms with Gasteiger partial charge in [0.25, 0.3) is 5.91 Å². The summed E-state index contributed by atoms with van der Waals surface area (Å²) in [6.45, 7) is 2.12. The van der Waals surface area contributed by atoms with Crippen LogP contribution in [0.4, 0.5) is 0 Å². The number of nitrogens with one attached hydrogen (secondary N) is 1. The average molecular weight is 452 g/mol. The smallest absolute Gasteiger partial charge is 0.251 e. The van der Waals surface area contributed by atoms with E-state index in [1.54, 1.807) is 12.1 Å². The van der Waals surface area contributed by atoms with Crippen LogP contribution in [-0.2, 0) is 0 Å². The summed E-state index contributed by atoms with van der Waals surface area (Å²) < 4.78 is 0. The fourth-order valence-electron chi connectivity index (χ4n) is 5.84. The molecule has 1 amide bonds. The van der Waals surface area contributed by atoms with Crippen molar-refractivity contribution in [3.8, 4) is 0 Å². The Morgan fingerprint density at radius 3 is 1.74 bits per heavy atom. The quantitative estimate of drug-likeness (QED) is 0.403. The number of rotatable bonds is 7. The van der Waals surface area contributed by atoms with Gasteiger partial charge in [0, 0.05) is 34.9 Å². The van der Waals surface area contributed by atoms with Gasteiger partial charge in [-0.15, -0.1) is 0 Å². The highest BCUT2D eigenvalue weighted by Gasteiger charge is 2.55. The van der Waals surface area contributed by atoms with E-state index in [1.807, 2.05) is 48.5 Å². The Bertz CT molecular complexity index is 1070. The van der Waals surface area contributed by atoms with E-state index in [0.717, 1.165) is 0 Å². The maximum absolute atomic E-state index is 13.5. The molecule has 5 rings (SSSR count). The summed E-state index contributed by atoms with van der Waals surface area (Å²) in [4.78, 5) is 26.3. The normalized spacial score (nSPS) is 23.1. The molecule has 3 aromatic carbocycles. The Morgan fingerprint density at radius 1 is 0.706 bits per heavy atom. The van der Waals surface area contributed by atoms with Crippen molar-refractivity contribution < 1.29 is 9.59 Å². The van der Waals surface area contributed by atoms with Crippen LogP contribution in [0, 0.1) is 11.8 Å². The molecule has 1 N–H and O–H groups in total. The average Bonchev–Trinajstić information content (AvgIpc) is 3.65. The second-order valence-electron chi connectivity index (χ2n) is 10.0. The van der Waals surface area contributed by atoms with Crippen LogP contribution in [0.1, 0.15) is 82.7 Å². The van der Waals surface area contributed by atoms with Crippen LogP contribution >= 0.6 is 0 Å². The summed E-state index contributed by atoms with van der Waals surface area (Å²) in [5, 5.41) is 3.18. The number of benzene rings is 3. The van der Waals surface area contributed by atoms with Crippen LogP contribution in [0.5, 0.6) is 0 Å². The lowest BCUT2D eigenvalue weighted by Gasteiger charge is -2.28. The zero-order chi connectivity index (χ0) is 23.5. The molecule has 0 saturated heterocycles. The van der Waals surface area contributed by atoms with Crippen LogP contribution in [0.3, 0.4) is 0 Å². The third-order valence-electron chi connectivity index (χ3n) is 7.84. The Morgan fingerprint density at radius 2 is 1.21 bits per heavy atom. The lowest BCUT2D eigenvalue weighted by Crippen LogP contribution is -2.38. The Kier molecular flexibility index (Phi) is 6.62. The predicted octanol–water partition coefficient (Wildman–Crippen LogP) is 6.77. The zero-order valence-electron chi connectivity index (χ0n) is 19.8. The Labute approximate surface area is 202 Å². The lowest BCUT2D eigenvalue weighted by molar-refractivity contribution is 0.0916. The first-order valence-corrected chi connectivity index (χ1v) is 12.7. The summed E-state index contributed by atoms with van der Waals surface area (Å²) in [6.07, 6.45) is 6.22. The number of hydrogen-bond acceptors (Lipinski definition) is 2. The molecular formula is C31H33NO2. The summed E-state index contributed by atoms with van der Waals surface area (Å²) in [5.74, 6) is 0.984. The SMILES string of the molecule is C[C@@H](NC(=O)c1ccc(C(=O)C2[C@@H](c3ccccc3)[C@H]2c2ccccc2)cc1)C1CCCCC1. The molecule has 0 bridgehead atoms. The topological polar surface area (TPSA) is 46.2 Å². The molecule has 2 saturated carbocycles. The molecule has 174 valence electrons. The number of carbonyl (C=O) groups is 2. The van der Waals surface area contributed by atoms with E-state index in [1.165, 1.54) is 43.2 Å². The molecule has 0 aromatic heterocycles. The number of ketones is 1. The monoisotopic (exact) mass is 451 g/mol. The van der Waals surface area contributed by atoms with Gasteiger partial charge in [0.2, 0.25) is 0 Å². The van der Waals surface area contributed by atoms with Gasteiger partial charge in [-0.05, 0) is 48.9 Å². The standard InChI is InChI=1S/C31H33NO2/c1-21(22-11-5-2-6-12-22)32-31(34)26-19-17-25(18-20-26)30(33)29-27(23-13-7-3-8-14-23)28(29)24-15-9-4-10-16-24/h3-4,7-10,13-22,27-29H,2,5-6,11-12H2,1H3,(H,32,34)/t21-,27-,28+,29?/m1/s1. The molecule has 1 unspecified atom stereocenters. The molecule has 3 aromatic rings. The van der Waals surface area contributed by atoms with Crippen molar-refractivity contribution in [3.05, 3.63) is 107 Å². The highest BCUT2D eigenvalue weighted by molar-refractivity contribution is 6.03. The minimum atomic E-state index is -0.0733. The van der Waals surface area contributed by atoms with Gasteiger partial charge in [-0.2, -0.15) is 0 Å². The molecular weight excluding hydrogens is 418 g/mol.